The van der Waals surface area contributed by atoms with Crippen LogP contribution in [0.1, 0.15) is 40.0 Å². The van der Waals surface area contributed by atoms with Crippen molar-refractivity contribution in [3.63, 3.8) is 0 Å². The van der Waals surface area contributed by atoms with Gasteiger partial charge in [-0.05, 0) is 65.6 Å². The summed E-state index contributed by atoms with van der Waals surface area (Å²) in [6.07, 6.45) is 3.24. The van der Waals surface area contributed by atoms with E-state index in [0.717, 1.165) is 18.9 Å². The van der Waals surface area contributed by atoms with Crippen molar-refractivity contribution in [2.75, 3.05) is 32.7 Å². The number of alkyl carbamates (subject to hydrolysis) is 1. The molecule has 20 heavy (non-hydrogen) atoms. The molecule has 0 aliphatic carbocycles. The van der Waals surface area contributed by atoms with Crippen LogP contribution in [0, 0.1) is 5.92 Å². The first kappa shape index (κ1) is 15.6. The predicted molar refractivity (Wildman–Crippen MR) is 79.8 cm³/mol. The number of fused-ring (bicyclic) bond motifs is 2. The van der Waals surface area contributed by atoms with Crippen LogP contribution >= 0.6 is 0 Å². The number of nitrogens with zero attached hydrogens (tertiary/aromatic N) is 1. The van der Waals surface area contributed by atoms with Crippen molar-refractivity contribution in [3.8, 4) is 0 Å². The van der Waals surface area contributed by atoms with E-state index in [0.29, 0.717) is 12.6 Å². The summed E-state index contributed by atoms with van der Waals surface area (Å²) in [6.45, 7) is 11.1. The van der Waals surface area contributed by atoms with Crippen molar-refractivity contribution in [1.29, 1.82) is 0 Å². The Labute approximate surface area is 122 Å². The molecule has 0 saturated carbocycles. The minimum atomic E-state index is -0.418. The fraction of sp³-hybridized carbons (Fsp3) is 0.933. The topological polar surface area (TPSA) is 53.6 Å². The third-order valence-electron chi connectivity index (χ3n) is 4.06. The van der Waals surface area contributed by atoms with Crippen LogP contribution in [0.2, 0.25) is 0 Å². The lowest BCUT2D eigenvalue weighted by Gasteiger charge is -2.31. The van der Waals surface area contributed by atoms with E-state index in [9.17, 15) is 4.79 Å². The van der Waals surface area contributed by atoms with Gasteiger partial charge in [-0.25, -0.2) is 4.79 Å². The van der Waals surface area contributed by atoms with Gasteiger partial charge in [0.1, 0.15) is 5.60 Å². The lowest BCUT2D eigenvalue weighted by atomic mass is 9.94. The molecule has 3 unspecified atom stereocenters. The molecule has 116 valence electrons. The Morgan fingerprint density at radius 3 is 2.75 bits per heavy atom. The Bertz CT molecular complexity index is 328. The number of carbonyl (C=O) groups is 1. The number of amides is 1. The minimum absolute atomic E-state index is 0.318. The molecule has 0 aromatic heterocycles. The van der Waals surface area contributed by atoms with E-state index >= 15 is 0 Å². The van der Waals surface area contributed by atoms with Crippen LogP contribution < -0.4 is 10.6 Å². The van der Waals surface area contributed by atoms with Crippen molar-refractivity contribution in [3.05, 3.63) is 0 Å². The second-order valence-corrected chi connectivity index (χ2v) is 6.98. The van der Waals surface area contributed by atoms with E-state index in [-0.39, 0.29) is 6.09 Å². The van der Waals surface area contributed by atoms with E-state index < -0.39 is 5.60 Å². The zero-order valence-electron chi connectivity index (χ0n) is 13.1. The summed E-state index contributed by atoms with van der Waals surface area (Å²) >= 11 is 0. The summed E-state index contributed by atoms with van der Waals surface area (Å²) in [7, 11) is 0. The average molecular weight is 283 g/mol. The van der Waals surface area contributed by atoms with Gasteiger partial charge >= 0.3 is 6.09 Å². The molecule has 0 spiro atoms. The molecule has 3 atom stereocenters. The fourth-order valence-electron chi connectivity index (χ4n) is 3.10. The van der Waals surface area contributed by atoms with Gasteiger partial charge in [0, 0.05) is 19.1 Å². The molecule has 0 aromatic carbocycles. The summed E-state index contributed by atoms with van der Waals surface area (Å²) in [5, 5.41) is 6.45. The van der Waals surface area contributed by atoms with Gasteiger partial charge in [-0.15, -0.1) is 0 Å². The number of nitrogens with one attached hydrogen (secondary N) is 2. The third-order valence-corrected chi connectivity index (χ3v) is 4.06. The van der Waals surface area contributed by atoms with Crippen molar-refractivity contribution in [2.45, 2.75) is 51.7 Å². The molecule has 0 aromatic rings. The highest BCUT2D eigenvalue weighted by molar-refractivity contribution is 5.67. The highest BCUT2D eigenvalue weighted by Crippen LogP contribution is 2.26. The number of carbonyl (C=O) groups excluding carboxylic acids is 1. The largest absolute Gasteiger partial charge is 0.444 e. The van der Waals surface area contributed by atoms with Crippen LogP contribution in [-0.4, -0.2) is 55.4 Å². The Morgan fingerprint density at radius 2 is 2.00 bits per heavy atom. The third kappa shape index (κ3) is 4.94. The van der Waals surface area contributed by atoms with Gasteiger partial charge in [0.05, 0.1) is 0 Å². The maximum Gasteiger partial charge on any atom is 0.407 e. The van der Waals surface area contributed by atoms with E-state index in [1.807, 2.05) is 20.8 Å². The lowest BCUT2D eigenvalue weighted by molar-refractivity contribution is 0.0527. The fourth-order valence-corrected chi connectivity index (χ4v) is 3.10. The summed E-state index contributed by atoms with van der Waals surface area (Å²) in [5.74, 6) is 0.836. The molecule has 2 saturated heterocycles. The second kappa shape index (κ2) is 6.76. The Balaban J connectivity index is 1.52. The van der Waals surface area contributed by atoms with Crippen LogP contribution in [0.15, 0.2) is 0 Å². The van der Waals surface area contributed by atoms with Crippen LogP contribution in [0.25, 0.3) is 0 Å². The Kier molecular flexibility index (Phi) is 5.27. The lowest BCUT2D eigenvalue weighted by Crippen LogP contribution is -2.44. The molecule has 1 amide bonds. The van der Waals surface area contributed by atoms with Crippen molar-refractivity contribution >= 4 is 6.09 Å². The number of hydrogen-bond donors (Lipinski definition) is 2. The first-order valence-electron chi connectivity index (χ1n) is 7.86. The monoisotopic (exact) mass is 283 g/mol. The van der Waals surface area contributed by atoms with Gasteiger partial charge in [-0.1, -0.05) is 0 Å². The molecule has 2 aliphatic heterocycles. The SMILES string of the molecule is CC(C)(C)OC(=O)NCCCNC1CCN2CCC1C2. The smallest absolute Gasteiger partial charge is 0.407 e. The standard InChI is InChI=1S/C15H29N3O2/c1-15(2,3)20-14(19)17-8-4-7-16-13-6-10-18-9-5-12(13)11-18/h12-13,16H,4-11H2,1-3H3,(H,17,19). The van der Waals surface area contributed by atoms with E-state index in [4.69, 9.17) is 4.74 Å². The minimum Gasteiger partial charge on any atom is -0.444 e. The second-order valence-electron chi connectivity index (χ2n) is 6.98. The molecular formula is C15H29N3O2. The first-order chi connectivity index (χ1) is 9.44. The van der Waals surface area contributed by atoms with E-state index in [1.165, 1.54) is 32.5 Å². The molecule has 5 heteroatoms. The van der Waals surface area contributed by atoms with Gasteiger partial charge in [0.15, 0.2) is 0 Å². The van der Waals surface area contributed by atoms with Gasteiger partial charge in [0.2, 0.25) is 0 Å². The van der Waals surface area contributed by atoms with Gasteiger partial charge in [-0.3, -0.25) is 0 Å². The van der Waals surface area contributed by atoms with Crippen LogP contribution in [0.5, 0.6) is 0 Å². The normalized spacial score (nSPS) is 29.2. The molecule has 2 fully saturated rings. The summed E-state index contributed by atoms with van der Waals surface area (Å²) in [6, 6.07) is 0.676. The van der Waals surface area contributed by atoms with Crippen molar-refractivity contribution in [1.82, 2.24) is 15.5 Å². The highest BCUT2D eigenvalue weighted by atomic mass is 16.6. The van der Waals surface area contributed by atoms with Gasteiger partial charge in [0.25, 0.3) is 0 Å². The number of ether oxygens (including phenoxy) is 1. The molecule has 0 radical (unpaired) electrons. The van der Waals surface area contributed by atoms with Crippen LogP contribution in [0.4, 0.5) is 4.79 Å². The van der Waals surface area contributed by atoms with E-state index in [2.05, 4.69) is 15.5 Å². The summed E-state index contributed by atoms with van der Waals surface area (Å²) in [4.78, 5) is 14.0. The summed E-state index contributed by atoms with van der Waals surface area (Å²) in [5.41, 5.74) is -0.418. The number of piperidine rings is 1. The van der Waals surface area contributed by atoms with Gasteiger partial charge in [-0.2, -0.15) is 0 Å². The molecule has 2 rings (SSSR count). The maximum absolute atomic E-state index is 11.5. The van der Waals surface area contributed by atoms with Gasteiger partial charge < -0.3 is 20.3 Å². The molecular weight excluding hydrogens is 254 g/mol. The zero-order chi connectivity index (χ0) is 14.6. The number of hydrogen-bond acceptors (Lipinski definition) is 4. The predicted octanol–water partition coefficient (Wildman–Crippen LogP) is 1.58. The first-order valence-corrected chi connectivity index (χ1v) is 7.86. The Morgan fingerprint density at radius 1 is 1.25 bits per heavy atom. The van der Waals surface area contributed by atoms with Crippen molar-refractivity contribution in [2.24, 2.45) is 5.92 Å². The van der Waals surface area contributed by atoms with Crippen LogP contribution in [0.3, 0.4) is 0 Å². The highest BCUT2D eigenvalue weighted by Gasteiger charge is 2.33. The quantitative estimate of drug-likeness (QED) is 0.752. The maximum atomic E-state index is 11.5. The average Bonchev–Trinajstić information content (AvgIpc) is 2.72. The Hall–Kier alpha value is -0.810. The molecule has 2 bridgehead atoms. The molecule has 2 N–H and O–H groups in total. The summed E-state index contributed by atoms with van der Waals surface area (Å²) < 4.78 is 5.20. The zero-order valence-corrected chi connectivity index (χ0v) is 13.1. The molecule has 5 nitrogen and oxygen atoms in total. The van der Waals surface area contributed by atoms with Crippen molar-refractivity contribution < 1.29 is 9.53 Å². The molecule has 2 aliphatic rings. The number of rotatable bonds is 5. The molecule has 2 heterocycles. The van der Waals surface area contributed by atoms with E-state index in [1.54, 1.807) is 0 Å². The van der Waals surface area contributed by atoms with Crippen LogP contribution in [-0.2, 0) is 4.74 Å².